The number of ether oxygens (including phenoxy) is 2. The van der Waals surface area contributed by atoms with E-state index >= 15 is 0 Å². The first-order chi connectivity index (χ1) is 19.4. The number of anilines is 1. The Hall–Kier alpha value is -4.83. The van der Waals surface area contributed by atoms with Crippen molar-refractivity contribution < 1.29 is 29.0 Å². The van der Waals surface area contributed by atoms with Gasteiger partial charge in [0, 0.05) is 18.0 Å². The lowest BCUT2D eigenvalue weighted by molar-refractivity contribution is -0.132. The van der Waals surface area contributed by atoms with E-state index in [0.717, 1.165) is 16.9 Å². The Labute approximate surface area is 234 Å². The van der Waals surface area contributed by atoms with Gasteiger partial charge in [-0.2, -0.15) is 0 Å². The number of benzene rings is 2. The summed E-state index contributed by atoms with van der Waals surface area (Å²) in [6, 6.07) is 18.7. The monoisotopic (exact) mass is 555 g/mol. The van der Waals surface area contributed by atoms with Gasteiger partial charge in [-0.15, -0.1) is 0 Å². The molecule has 202 valence electrons. The molecule has 1 fully saturated rings. The Bertz CT molecular complexity index is 1580. The summed E-state index contributed by atoms with van der Waals surface area (Å²) in [4.78, 5) is 49.1. The van der Waals surface area contributed by atoms with Gasteiger partial charge in [0.25, 0.3) is 5.78 Å². The van der Waals surface area contributed by atoms with Crippen LogP contribution >= 0.6 is 11.3 Å². The lowest BCUT2D eigenvalue weighted by Gasteiger charge is -2.23. The fourth-order valence-electron chi connectivity index (χ4n) is 4.37. The SMILES string of the molecule is CCOC(=O)c1sc(N2C(=O)C(=O)C(=C(O)c3ccncc3)C2c2ccc(OCc3ccccc3)cc2)nc1C. The van der Waals surface area contributed by atoms with Gasteiger partial charge in [-0.05, 0) is 49.2 Å². The van der Waals surface area contributed by atoms with Crippen molar-refractivity contribution in [3.63, 3.8) is 0 Å². The summed E-state index contributed by atoms with van der Waals surface area (Å²) < 4.78 is 11.0. The number of carbonyl (C=O) groups is 3. The number of hydrogen-bond donors (Lipinski definition) is 1. The second kappa shape index (κ2) is 11.5. The van der Waals surface area contributed by atoms with Gasteiger partial charge in [-0.3, -0.25) is 19.5 Å². The highest BCUT2D eigenvalue weighted by molar-refractivity contribution is 7.17. The van der Waals surface area contributed by atoms with Gasteiger partial charge in [0.15, 0.2) is 5.13 Å². The number of rotatable bonds is 8. The largest absolute Gasteiger partial charge is 0.507 e. The minimum atomic E-state index is -1.00. The van der Waals surface area contributed by atoms with Gasteiger partial charge in [-0.25, -0.2) is 9.78 Å². The normalized spacial score (nSPS) is 16.2. The zero-order valence-electron chi connectivity index (χ0n) is 21.7. The number of ketones is 1. The van der Waals surface area contributed by atoms with E-state index in [2.05, 4.69) is 9.97 Å². The molecule has 1 aliphatic heterocycles. The second-order valence-corrected chi connectivity index (χ2v) is 9.86. The average molecular weight is 556 g/mol. The fourth-order valence-corrected chi connectivity index (χ4v) is 5.36. The average Bonchev–Trinajstić information content (AvgIpc) is 3.49. The molecule has 40 heavy (non-hydrogen) atoms. The first-order valence-corrected chi connectivity index (χ1v) is 13.3. The zero-order chi connectivity index (χ0) is 28.2. The van der Waals surface area contributed by atoms with Crippen molar-refractivity contribution in [2.45, 2.75) is 26.5 Å². The van der Waals surface area contributed by atoms with Gasteiger partial charge in [0.1, 0.15) is 23.0 Å². The third-order valence-electron chi connectivity index (χ3n) is 6.29. The standard InChI is InChI=1S/C30H25N3O6S/c1-3-38-29(37)27-18(2)32-30(40-27)33-24(23(26(35)28(33)36)25(34)21-13-15-31-16-14-21)20-9-11-22(12-10-20)39-17-19-7-5-4-6-8-19/h4-16,24,34H,3,17H2,1-2H3. The third kappa shape index (κ3) is 5.21. The van der Waals surface area contributed by atoms with Crippen LogP contribution in [-0.4, -0.2) is 39.3 Å². The molecular weight excluding hydrogens is 530 g/mol. The maximum absolute atomic E-state index is 13.4. The topological polar surface area (TPSA) is 119 Å². The Balaban J connectivity index is 1.56. The van der Waals surface area contributed by atoms with Crippen molar-refractivity contribution in [1.29, 1.82) is 0 Å². The number of carbonyl (C=O) groups excluding carboxylic acids is 3. The van der Waals surface area contributed by atoms with E-state index in [1.165, 1.54) is 17.3 Å². The molecule has 1 atom stereocenters. The minimum Gasteiger partial charge on any atom is -0.507 e. The van der Waals surface area contributed by atoms with Crippen molar-refractivity contribution in [3.8, 4) is 5.75 Å². The molecule has 5 rings (SSSR count). The summed E-state index contributed by atoms with van der Waals surface area (Å²) in [5, 5.41) is 11.4. The van der Waals surface area contributed by atoms with Gasteiger partial charge in [0.05, 0.1) is 23.9 Å². The minimum absolute atomic E-state index is 0.0975. The Morgan fingerprint density at radius 1 is 1.02 bits per heavy atom. The Morgan fingerprint density at radius 3 is 2.40 bits per heavy atom. The van der Waals surface area contributed by atoms with Crippen LogP contribution in [0, 0.1) is 6.92 Å². The Morgan fingerprint density at radius 2 is 1.73 bits per heavy atom. The number of pyridine rings is 1. The summed E-state index contributed by atoms with van der Waals surface area (Å²) in [6.45, 7) is 3.88. The van der Waals surface area contributed by atoms with Gasteiger partial charge >= 0.3 is 11.9 Å². The predicted molar refractivity (Wildman–Crippen MR) is 149 cm³/mol. The molecule has 0 bridgehead atoms. The molecule has 2 aromatic heterocycles. The van der Waals surface area contributed by atoms with Gasteiger partial charge in [-0.1, -0.05) is 53.8 Å². The van der Waals surface area contributed by atoms with E-state index in [4.69, 9.17) is 9.47 Å². The second-order valence-electron chi connectivity index (χ2n) is 8.88. The number of Topliss-reactive ketones (excluding diaryl/α,β-unsaturated/α-hetero) is 1. The van der Waals surface area contributed by atoms with E-state index in [9.17, 15) is 19.5 Å². The van der Waals surface area contributed by atoms with E-state index in [0.29, 0.717) is 29.2 Å². The molecule has 0 radical (unpaired) electrons. The number of aromatic nitrogens is 2. The maximum Gasteiger partial charge on any atom is 0.350 e. The molecular formula is C30H25N3O6S. The Kier molecular flexibility index (Phi) is 7.70. The van der Waals surface area contributed by atoms with E-state index in [1.807, 2.05) is 30.3 Å². The van der Waals surface area contributed by atoms with Crippen LogP contribution in [0.25, 0.3) is 5.76 Å². The highest BCUT2D eigenvalue weighted by Crippen LogP contribution is 2.44. The van der Waals surface area contributed by atoms with Crippen molar-refractivity contribution in [1.82, 2.24) is 9.97 Å². The highest BCUT2D eigenvalue weighted by Gasteiger charge is 2.48. The van der Waals surface area contributed by atoms with Crippen LogP contribution in [0.3, 0.4) is 0 Å². The maximum atomic E-state index is 13.4. The number of thiazole rings is 1. The molecule has 0 spiro atoms. The number of nitrogens with zero attached hydrogens (tertiary/aromatic N) is 3. The van der Waals surface area contributed by atoms with Crippen molar-refractivity contribution >= 4 is 39.9 Å². The smallest absolute Gasteiger partial charge is 0.350 e. The van der Waals surface area contributed by atoms with Gasteiger partial charge in [0.2, 0.25) is 0 Å². The molecule has 9 nitrogen and oxygen atoms in total. The molecule has 0 saturated carbocycles. The lowest BCUT2D eigenvalue weighted by atomic mass is 9.95. The molecule has 1 saturated heterocycles. The van der Waals surface area contributed by atoms with Crippen LogP contribution in [0.4, 0.5) is 5.13 Å². The van der Waals surface area contributed by atoms with Crippen molar-refractivity contribution in [3.05, 3.63) is 112 Å². The summed E-state index contributed by atoms with van der Waals surface area (Å²) in [6.07, 6.45) is 2.96. The van der Waals surface area contributed by atoms with Crippen LogP contribution in [0.2, 0.25) is 0 Å². The van der Waals surface area contributed by atoms with Crippen LogP contribution in [0.15, 0.2) is 84.7 Å². The highest BCUT2D eigenvalue weighted by atomic mass is 32.1. The van der Waals surface area contributed by atoms with Gasteiger partial charge < -0.3 is 14.6 Å². The lowest BCUT2D eigenvalue weighted by Crippen LogP contribution is -2.29. The number of aliphatic hydroxyl groups is 1. The van der Waals surface area contributed by atoms with Crippen LogP contribution in [0.1, 0.15) is 45.0 Å². The van der Waals surface area contributed by atoms with Crippen LogP contribution in [-0.2, 0) is 20.9 Å². The molecule has 2 aromatic carbocycles. The fraction of sp³-hybridized carbons (Fsp3) is 0.167. The van der Waals surface area contributed by atoms with Crippen molar-refractivity contribution in [2.75, 3.05) is 11.5 Å². The summed E-state index contributed by atoms with van der Waals surface area (Å²) >= 11 is 0.956. The molecule has 10 heteroatoms. The van der Waals surface area contributed by atoms with Crippen LogP contribution < -0.4 is 9.64 Å². The zero-order valence-corrected chi connectivity index (χ0v) is 22.6. The molecule has 1 N–H and O–H groups in total. The number of esters is 1. The third-order valence-corrected chi connectivity index (χ3v) is 7.43. The number of amides is 1. The molecule has 1 unspecified atom stereocenters. The van der Waals surface area contributed by atoms with Crippen molar-refractivity contribution in [2.24, 2.45) is 0 Å². The molecule has 3 heterocycles. The first-order valence-electron chi connectivity index (χ1n) is 12.5. The number of aliphatic hydroxyl groups excluding tert-OH is 1. The predicted octanol–water partition coefficient (Wildman–Crippen LogP) is 5.23. The van der Waals surface area contributed by atoms with Crippen LogP contribution in [0.5, 0.6) is 5.75 Å². The molecule has 0 aliphatic carbocycles. The summed E-state index contributed by atoms with van der Waals surface area (Å²) in [5.74, 6) is -2.04. The quantitative estimate of drug-likeness (QED) is 0.136. The first kappa shape index (κ1) is 26.8. The summed E-state index contributed by atoms with van der Waals surface area (Å²) in [5.41, 5.74) is 2.17. The number of hydrogen-bond acceptors (Lipinski definition) is 9. The van der Waals surface area contributed by atoms with E-state index < -0.39 is 23.7 Å². The molecule has 1 amide bonds. The molecule has 4 aromatic rings. The van der Waals surface area contributed by atoms with E-state index in [1.54, 1.807) is 50.2 Å². The summed E-state index contributed by atoms with van der Waals surface area (Å²) in [7, 11) is 0. The molecule has 1 aliphatic rings. The number of aryl methyl sites for hydroxylation is 1. The van der Waals surface area contributed by atoms with E-state index in [-0.39, 0.29) is 27.9 Å².